The van der Waals surface area contributed by atoms with Crippen LogP contribution < -0.4 is 5.73 Å². The average Bonchev–Trinajstić information content (AvgIpc) is 2.03. The number of hydrogen-bond acceptors (Lipinski definition) is 3. The summed E-state index contributed by atoms with van der Waals surface area (Å²) in [6, 6.07) is -0.690. The molecule has 0 amide bonds. The predicted molar refractivity (Wildman–Crippen MR) is 50.9 cm³/mol. The zero-order valence-electron chi connectivity index (χ0n) is 8.50. The second-order valence-electron chi connectivity index (χ2n) is 3.05. The summed E-state index contributed by atoms with van der Waals surface area (Å²) < 4.78 is 0. The van der Waals surface area contributed by atoms with Crippen LogP contribution in [0, 0.1) is 5.92 Å². The molecule has 0 radical (unpaired) electrons. The summed E-state index contributed by atoms with van der Waals surface area (Å²) >= 11 is 0. The van der Waals surface area contributed by atoms with Gasteiger partial charge in [-0.15, -0.1) is 0 Å². The van der Waals surface area contributed by atoms with Gasteiger partial charge in [-0.05, 0) is 0 Å². The molecule has 0 bridgehead atoms. The van der Waals surface area contributed by atoms with Gasteiger partial charge in [0.25, 0.3) is 0 Å². The molecule has 0 aliphatic carbocycles. The summed E-state index contributed by atoms with van der Waals surface area (Å²) in [5.41, 5.74) is 5.22. The molecule has 1 unspecified atom stereocenters. The molecule has 3 nitrogen and oxygen atoms in total. The number of aliphatic hydroxyl groups excluding tert-OH is 1. The Kier molecular flexibility index (Phi) is 10.2. The summed E-state index contributed by atoms with van der Waals surface area (Å²) in [6.07, 6.45) is 1.25. The highest BCUT2D eigenvalue weighted by atomic mass is 16.3. The molecule has 0 aromatic rings. The SMILES string of the molecule is CC(C)C(=O)C(N)CO.CCC. The van der Waals surface area contributed by atoms with Crippen LogP contribution in [0.1, 0.15) is 34.1 Å². The van der Waals surface area contributed by atoms with E-state index in [-0.39, 0.29) is 18.3 Å². The fourth-order valence-electron chi connectivity index (χ4n) is 0.518. The molecule has 12 heavy (non-hydrogen) atoms. The number of ketones is 1. The fourth-order valence-corrected chi connectivity index (χ4v) is 0.518. The van der Waals surface area contributed by atoms with Crippen molar-refractivity contribution in [3.05, 3.63) is 0 Å². The first-order valence-electron chi connectivity index (χ1n) is 4.41. The summed E-state index contributed by atoms with van der Waals surface area (Å²) in [4.78, 5) is 10.8. The molecule has 0 saturated heterocycles. The Hall–Kier alpha value is -0.410. The van der Waals surface area contributed by atoms with Crippen LogP contribution in [0.15, 0.2) is 0 Å². The lowest BCUT2D eigenvalue weighted by atomic mass is 10.0. The van der Waals surface area contributed by atoms with Gasteiger partial charge in [-0.1, -0.05) is 34.1 Å². The molecular weight excluding hydrogens is 154 g/mol. The van der Waals surface area contributed by atoms with Gasteiger partial charge >= 0.3 is 0 Å². The van der Waals surface area contributed by atoms with E-state index in [1.807, 2.05) is 0 Å². The second kappa shape index (κ2) is 8.68. The van der Waals surface area contributed by atoms with Gasteiger partial charge in [0.15, 0.2) is 5.78 Å². The van der Waals surface area contributed by atoms with Gasteiger partial charge in [-0.25, -0.2) is 0 Å². The van der Waals surface area contributed by atoms with Crippen molar-refractivity contribution in [3.63, 3.8) is 0 Å². The Labute approximate surface area is 75.0 Å². The zero-order chi connectivity index (χ0) is 10.1. The monoisotopic (exact) mass is 175 g/mol. The number of Topliss-reactive ketones (excluding diaryl/α,β-unsaturated/α-hetero) is 1. The number of nitrogens with two attached hydrogens (primary N) is 1. The first-order chi connectivity index (χ1) is 5.51. The Bertz CT molecular complexity index is 113. The molecule has 0 heterocycles. The van der Waals surface area contributed by atoms with Crippen molar-refractivity contribution in [2.75, 3.05) is 6.61 Å². The summed E-state index contributed by atoms with van der Waals surface area (Å²) in [5.74, 6) is -0.162. The van der Waals surface area contributed by atoms with Crippen LogP contribution in [-0.2, 0) is 4.79 Å². The van der Waals surface area contributed by atoms with Crippen LogP contribution in [0.2, 0.25) is 0 Å². The van der Waals surface area contributed by atoms with E-state index in [1.165, 1.54) is 6.42 Å². The second-order valence-corrected chi connectivity index (χ2v) is 3.05. The predicted octanol–water partition coefficient (Wildman–Crippen LogP) is 0.947. The van der Waals surface area contributed by atoms with Gasteiger partial charge < -0.3 is 10.8 Å². The Morgan fingerprint density at radius 3 is 1.83 bits per heavy atom. The lowest BCUT2D eigenvalue weighted by molar-refractivity contribution is -0.123. The molecule has 0 aliphatic rings. The molecule has 74 valence electrons. The number of carbonyl (C=O) groups is 1. The largest absolute Gasteiger partial charge is 0.394 e. The average molecular weight is 175 g/mol. The number of hydrogen-bond donors (Lipinski definition) is 2. The van der Waals surface area contributed by atoms with Gasteiger partial charge in [0.05, 0.1) is 12.6 Å². The quantitative estimate of drug-likeness (QED) is 0.671. The van der Waals surface area contributed by atoms with Crippen molar-refractivity contribution in [1.82, 2.24) is 0 Å². The summed E-state index contributed by atoms with van der Waals surface area (Å²) in [5, 5.41) is 8.41. The van der Waals surface area contributed by atoms with Crippen molar-refractivity contribution in [2.45, 2.75) is 40.2 Å². The summed E-state index contributed by atoms with van der Waals surface area (Å²) in [6.45, 7) is 7.52. The number of carbonyl (C=O) groups excluding carboxylic acids is 1. The standard InChI is InChI=1S/C6H13NO2.C3H8/c1-4(2)6(9)5(7)3-8;1-3-2/h4-5,8H,3,7H2,1-2H3;3H2,1-2H3. The highest BCUT2D eigenvalue weighted by Crippen LogP contribution is 1.96. The molecule has 0 aliphatic heterocycles. The Morgan fingerprint density at radius 2 is 1.75 bits per heavy atom. The van der Waals surface area contributed by atoms with E-state index in [9.17, 15) is 4.79 Å². The van der Waals surface area contributed by atoms with Crippen LogP contribution in [0.25, 0.3) is 0 Å². The first-order valence-corrected chi connectivity index (χ1v) is 4.41. The van der Waals surface area contributed by atoms with E-state index in [4.69, 9.17) is 10.8 Å². The van der Waals surface area contributed by atoms with E-state index in [0.29, 0.717) is 0 Å². The van der Waals surface area contributed by atoms with Crippen molar-refractivity contribution in [2.24, 2.45) is 11.7 Å². The van der Waals surface area contributed by atoms with Gasteiger partial charge in [-0.2, -0.15) is 0 Å². The molecule has 0 spiro atoms. The van der Waals surface area contributed by atoms with Crippen LogP contribution in [-0.4, -0.2) is 23.5 Å². The van der Waals surface area contributed by atoms with Gasteiger partial charge in [0.1, 0.15) is 0 Å². The molecule has 0 rings (SSSR count). The van der Waals surface area contributed by atoms with Crippen molar-refractivity contribution in [1.29, 1.82) is 0 Å². The minimum atomic E-state index is -0.690. The van der Waals surface area contributed by atoms with Crippen LogP contribution >= 0.6 is 0 Å². The molecule has 1 atom stereocenters. The minimum Gasteiger partial charge on any atom is -0.394 e. The Balaban J connectivity index is 0. The zero-order valence-corrected chi connectivity index (χ0v) is 8.50. The third-order valence-corrected chi connectivity index (χ3v) is 1.13. The fraction of sp³-hybridized carbons (Fsp3) is 0.889. The van der Waals surface area contributed by atoms with Crippen LogP contribution in [0.3, 0.4) is 0 Å². The van der Waals surface area contributed by atoms with Gasteiger partial charge in [-0.3, -0.25) is 4.79 Å². The third kappa shape index (κ3) is 7.69. The van der Waals surface area contributed by atoms with E-state index in [0.717, 1.165) is 0 Å². The number of rotatable bonds is 3. The lowest BCUT2D eigenvalue weighted by Gasteiger charge is -2.08. The molecule has 3 N–H and O–H groups in total. The summed E-state index contributed by atoms with van der Waals surface area (Å²) in [7, 11) is 0. The van der Waals surface area contributed by atoms with Crippen molar-refractivity contribution in [3.8, 4) is 0 Å². The number of aliphatic hydroxyl groups is 1. The van der Waals surface area contributed by atoms with E-state index >= 15 is 0 Å². The molecule has 0 aromatic heterocycles. The smallest absolute Gasteiger partial charge is 0.154 e. The molecular formula is C9H21NO2. The van der Waals surface area contributed by atoms with Crippen molar-refractivity contribution < 1.29 is 9.90 Å². The maximum absolute atomic E-state index is 10.8. The first kappa shape index (κ1) is 14.1. The maximum atomic E-state index is 10.8. The minimum absolute atomic E-state index is 0.0767. The van der Waals surface area contributed by atoms with Gasteiger partial charge in [0.2, 0.25) is 0 Å². The molecule has 0 saturated carbocycles. The Morgan fingerprint density at radius 1 is 1.42 bits per heavy atom. The van der Waals surface area contributed by atoms with Crippen LogP contribution in [0.5, 0.6) is 0 Å². The normalized spacial score (nSPS) is 11.9. The van der Waals surface area contributed by atoms with E-state index in [1.54, 1.807) is 13.8 Å². The molecule has 0 aromatic carbocycles. The third-order valence-electron chi connectivity index (χ3n) is 1.13. The lowest BCUT2D eigenvalue weighted by Crippen LogP contribution is -2.36. The molecule has 0 fully saturated rings. The van der Waals surface area contributed by atoms with Crippen LogP contribution in [0.4, 0.5) is 0 Å². The van der Waals surface area contributed by atoms with E-state index in [2.05, 4.69) is 13.8 Å². The topological polar surface area (TPSA) is 63.3 Å². The highest BCUT2D eigenvalue weighted by Gasteiger charge is 2.14. The molecule has 3 heteroatoms. The van der Waals surface area contributed by atoms with E-state index < -0.39 is 6.04 Å². The van der Waals surface area contributed by atoms with Gasteiger partial charge in [0, 0.05) is 5.92 Å². The highest BCUT2D eigenvalue weighted by molar-refractivity contribution is 5.85. The maximum Gasteiger partial charge on any atom is 0.154 e. The van der Waals surface area contributed by atoms with Crippen molar-refractivity contribution >= 4 is 5.78 Å².